The molecule has 1 nitrogen and oxygen atoms in total. The van der Waals surface area contributed by atoms with Crippen molar-refractivity contribution in [2.45, 2.75) is 45.4 Å². The topological polar surface area (TPSA) is 9.23 Å². The van der Waals surface area contributed by atoms with E-state index in [1.807, 2.05) is 0 Å². The lowest BCUT2D eigenvalue weighted by atomic mass is 10.1. The van der Waals surface area contributed by atoms with E-state index in [9.17, 15) is 4.39 Å². The van der Waals surface area contributed by atoms with E-state index < -0.39 is 0 Å². The third-order valence-electron chi connectivity index (χ3n) is 2.99. The van der Waals surface area contributed by atoms with Crippen LogP contribution >= 0.6 is 11.6 Å². The quantitative estimate of drug-likeness (QED) is 0.366. The highest BCUT2D eigenvalue weighted by Crippen LogP contribution is 2.19. The van der Waals surface area contributed by atoms with E-state index in [1.165, 1.54) is 44.2 Å². The Kier molecular flexibility index (Phi) is 8.91. The highest BCUT2D eigenvalue weighted by Gasteiger charge is 2.03. The number of halogens is 2. The number of rotatable bonds is 8. The monoisotopic (exact) mass is 296 g/mol. The number of ether oxygens (including phenoxy) is 1. The van der Waals surface area contributed by atoms with Crippen LogP contribution in [-0.2, 0) is 0 Å². The van der Waals surface area contributed by atoms with Crippen molar-refractivity contribution < 1.29 is 9.13 Å². The molecule has 0 fully saturated rings. The number of unbranched alkanes of at least 4 members (excludes halogenated alkanes) is 5. The Labute approximate surface area is 126 Å². The van der Waals surface area contributed by atoms with Crippen LogP contribution in [0.4, 0.5) is 4.39 Å². The molecule has 1 aromatic carbocycles. The Morgan fingerprint density at radius 3 is 2.65 bits per heavy atom. The normalized spacial score (nSPS) is 9.95. The van der Waals surface area contributed by atoms with E-state index in [4.69, 9.17) is 16.3 Å². The maximum absolute atomic E-state index is 13.2. The minimum Gasteiger partial charge on any atom is -0.492 e. The molecule has 1 aromatic rings. The van der Waals surface area contributed by atoms with Crippen LogP contribution in [0.3, 0.4) is 0 Å². The molecule has 0 aliphatic rings. The zero-order valence-electron chi connectivity index (χ0n) is 12.1. The minimum atomic E-state index is -0.309. The molecule has 0 N–H and O–H groups in total. The van der Waals surface area contributed by atoms with Gasteiger partial charge in [0.1, 0.15) is 11.6 Å². The molecule has 20 heavy (non-hydrogen) atoms. The molecule has 0 spiro atoms. The van der Waals surface area contributed by atoms with Crippen LogP contribution in [0.1, 0.15) is 51.0 Å². The summed E-state index contributed by atoms with van der Waals surface area (Å²) >= 11 is 5.52. The third kappa shape index (κ3) is 6.82. The summed E-state index contributed by atoms with van der Waals surface area (Å²) in [6, 6.07) is 4.41. The van der Waals surface area contributed by atoms with E-state index in [1.54, 1.807) is 6.07 Å². The first kappa shape index (κ1) is 16.9. The van der Waals surface area contributed by atoms with Gasteiger partial charge in [-0.15, -0.1) is 11.6 Å². The molecule has 3 heteroatoms. The van der Waals surface area contributed by atoms with Crippen molar-refractivity contribution in [2.75, 3.05) is 12.5 Å². The second-order valence-electron chi connectivity index (χ2n) is 4.69. The van der Waals surface area contributed by atoms with Gasteiger partial charge in [0.05, 0.1) is 18.1 Å². The van der Waals surface area contributed by atoms with Gasteiger partial charge in [0.25, 0.3) is 0 Å². The van der Waals surface area contributed by atoms with E-state index in [0.29, 0.717) is 17.9 Å². The number of alkyl halides is 1. The predicted octanol–water partition coefficient (Wildman–Crippen LogP) is 5.16. The maximum atomic E-state index is 13.2. The zero-order valence-corrected chi connectivity index (χ0v) is 12.8. The molecular weight excluding hydrogens is 275 g/mol. The second kappa shape index (κ2) is 10.6. The summed E-state index contributed by atoms with van der Waals surface area (Å²) < 4.78 is 18.9. The SMILES string of the molecule is CCCCCCCCOc1ccc(F)cc1C#CCCl. The molecule has 1 rings (SSSR count). The van der Waals surface area contributed by atoms with Gasteiger partial charge in [-0.05, 0) is 24.6 Å². The first-order valence-corrected chi connectivity index (χ1v) is 7.78. The summed E-state index contributed by atoms with van der Waals surface area (Å²) in [7, 11) is 0. The van der Waals surface area contributed by atoms with Gasteiger partial charge in [0.15, 0.2) is 0 Å². The lowest BCUT2D eigenvalue weighted by Gasteiger charge is -2.08. The average molecular weight is 297 g/mol. The summed E-state index contributed by atoms with van der Waals surface area (Å²) in [6.45, 7) is 2.86. The number of benzene rings is 1. The second-order valence-corrected chi connectivity index (χ2v) is 4.96. The molecule has 0 saturated heterocycles. The van der Waals surface area contributed by atoms with Crippen molar-refractivity contribution in [3.63, 3.8) is 0 Å². The lowest BCUT2D eigenvalue weighted by molar-refractivity contribution is 0.303. The maximum Gasteiger partial charge on any atom is 0.135 e. The molecule has 0 aromatic heterocycles. The van der Waals surface area contributed by atoms with Crippen LogP contribution in [-0.4, -0.2) is 12.5 Å². The summed E-state index contributed by atoms with van der Waals surface area (Å²) in [6.07, 6.45) is 7.29. The van der Waals surface area contributed by atoms with E-state index >= 15 is 0 Å². The van der Waals surface area contributed by atoms with Crippen LogP contribution in [0, 0.1) is 17.7 Å². The molecule has 0 aliphatic carbocycles. The molecule has 0 bridgehead atoms. The molecule has 0 amide bonds. The van der Waals surface area contributed by atoms with Gasteiger partial charge in [0, 0.05) is 0 Å². The highest BCUT2D eigenvalue weighted by atomic mass is 35.5. The fourth-order valence-corrected chi connectivity index (χ4v) is 1.99. The van der Waals surface area contributed by atoms with Crippen LogP contribution in [0.5, 0.6) is 5.75 Å². The molecular formula is C17H22ClFO. The number of hydrogen-bond acceptors (Lipinski definition) is 1. The van der Waals surface area contributed by atoms with Gasteiger partial charge < -0.3 is 4.74 Å². The smallest absolute Gasteiger partial charge is 0.135 e. The Hall–Kier alpha value is -1.20. The summed E-state index contributed by atoms with van der Waals surface area (Å²) in [5.74, 6) is 6.11. The highest BCUT2D eigenvalue weighted by molar-refractivity contribution is 6.19. The zero-order chi connectivity index (χ0) is 14.6. The predicted molar refractivity (Wildman–Crippen MR) is 82.9 cm³/mol. The summed E-state index contributed by atoms with van der Waals surface area (Å²) in [5.41, 5.74) is 0.566. The minimum absolute atomic E-state index is 0.230. The van der Waals surface area contributed by atoms with Crippen molar-refractivity contribution in [3.8, 4) is 17.6 Å². The van der Waals surface area contributed by atoms with Crippen LogP contribution in [0.15, 0.2) is 18.2 Å². The van der Waals surface area contributed by atoms with Crippen molar-refractivity contribution in [2.24, 2.45) is 0 Å². The van der Waals surface area contributed by atoms with Gasteiger partial charge in [-0.25, -0.2) is 4.39 Å². The standard InChI is InChI=1S/C17H22ClFO/c1-2-3-4-5-6-7-13-20-17-11-10-16(19)14-15(17)9-8-12-18/h10-11,14H,2-7,12-13H2,1H3. The number of hydrogen-bond donors (Lipinski definition) is 0. The van der Waals surface area contributed by atoms with Crippen LogP contribution in [0.25, 0.3) is 0 Å². The van der Waals surface area contributed by atoms with E-state index in [-0.39, 0.29) is 11.7 Å². The summed E-state index contributed by atoms with van der Waals surface area (Å²) in [4.78, 5) is 0. The largest absolute Gasteiger partial charge is 0.492 e. The third-order valence-corrected chi connectivity index (χ3v) is 3.12. The Morgan fingerprint density at radius 2 is 1.90 bits per heavy atom. The Morgan fingerprint density at radius 1 is 1.15 bits per heavy atom. The molecule has 0 aliphatic heterocycles. The summed E-state index contributed by atoms with van der Waals surface area (Å²) in [5, 5.41) is 0. The van der Waals surface area contributed by atoms with Crippen LogP contribution < -0.4 is 4.74 Å². The Balaban J connectivity index is 2.39. The molecule has 110 valence electrons. The molecule has 0 atom stereocenters. The van der Waals surface area contributed by atoms with Crippen molar-refractivity contribution in [1.82, 2.24) is 0 Å². The Bertz CT molecular complexity index is 448. The van der Waals surface area contributed by atoms with Crippen LogP contribution in [0.2, 0.25) is 0 Å². The van der Waals surface area contributed by atoms with Gasteiger partial charge in [-0.1, -0.05) is 50.9 Å². The average Bonchev–Trinajstić information content (AvgIpc) is 2.45. The molecule has 0 saturated carbocycles. The van der Waals surface area contributed by atoms with Crippen molar-refractivity contribution in [1.29, 1.82) is 0 Å². The molecule has 0 radical (unpaired) electrons. The van der Waals surface area contributed by atoms with E-state index in [0.717, 1.165) is 6.42 Å². The van der Waals surface area contributed by atoms with Gasteiger partial charge in [0.2, 0.25) is 0 Å². The first-order valence-electron chi connectivity index (χ1n) is 7.25. The lowest BCUT2D eigenvalue weighted by Crippen LogP contribution is -1.99. The molecule has 0 unspecified atom stereocenters. The van der Waals surface area contributed by atoms with Crippen molar-refractivity contribution >= 4 is 11.6 Å². The van der Waals surface area contributed by atoms with E-state index in [2.05, 4.69) is 18.8 Å². The van der Waals surface area contributed by atoms with Gasteiger partial charge in [-0.3, -0.25) is 0 Å². The van der Waals surface area contributed by atoms with Gasteiger partial charge in [-0.2, -0.15) is 0 Å². The van der Waals surface area contributed by atoms with Crippen molar-refractivity contribution in [3.05, 3.63) is 29.6 Å². The fourth-order valence-electron chi connectivity index (χ4n) is 1.92. The molecule has 0 heterocycles. The first-order chi connectivity index (χ1) is 9.77. The van der Waals surface area contributed by atoms with Gasteiger partial charge >= 0.3 is 0 Å². The fraction of sp³-hybridized carbons (Fsp3) is 0.529.